The Kier molecular flexibility index (Phi) is 7.81. The molecule has 0 aliphatic heterocycles. The Morgan fingerprint density at radius 1 is 0.867 bits per heavy atom. The summed E-state index contributed by atoms with van der Waals surface area (Å²) in [5, 5.41) is 0. The highest BCUT2D eigenvalue weighted by Gasteiger charge is 2.34. The van der Waals surface area contributed by atoms with Crippen LogP contribution in [0.5, 0.6) is 5.75 Å². The highest BCUT2D eigenvalue weighted by Crippen LogP contribution is 2.43. The summed E-state index contributed by atoms with van der Waals surface area (Å²) in [6, 6.07) is 1.91. The second-order valence-corrected chi connectivity index (χ2v) is 9.06. The van der Waals surface area contributed by atoms with E-state index >= 15 is 0 Å². The third kappa shape index (κ3) is 6.45. The summed E-state index contributed by atoms with van der Waals surface area (Å²) in [6.45, 7) is 3.85. The Labute approximate surface area is 175 Å². The molecule has 0 amide bonds. The lowest BCUT2D eigenvalue weighted by Crippen LogP contribution is -2.26. The molecule has 0 saturated heterocycles. The highest BCUT2D eigenvalue weighted by molar-refractivity contribution is 5.31. The SMILES string of the molecule is C=CCC1CCC(C2CCC(CCc3cc(F)c(OC(F)(F)F)c(F)c3)CC2)CC1. The molecule has 1 nitrogen and oxygen atoms in total. The fraction of sp³-hybridized carbons (Fsp3) is 0.667. The quantitative estimate of drug-likeness (QED) is 0.315. The van der Waals surface area contributed by atoms with Gasteiger partial charge in [0, 0.05) is 0 Å². The molecule has 30 heavy (non-hydrogen) atoms. The predicted molar refractivity (Wildman–Crippen MR) is 107 cm³/mol. The van der Waals surface area contributed by atoms with Gasteiger partial charge in [-0.2, -0.15) is 0 Å². The van der Waals surface area contributed by atoms with E-state index in [2.05, 4.69) is 11.3 Å². The number of benzene rings is 1. The van der Waals surface area contributed by atoms with E-state index in [1.807, 2.05) is 6.08 Å². The van der Waals surface area contributed by atoms with E-state index in [-0.39, 0.29) is 0 Å². The summed E-state index contributed by atoms with van der Waals surface area (Å²) in [7, 11) is 0. The van der Waals surface area contributed by atoms with Crippen molar-refractivity contribution >= 4 is 0 Å². The summed E-state index contributed by atoms with van der Waals surface area (Å²) >= 11 is 0. The lowest BCUT2D eigenvalue weighted by molar-refractivity contribution is -0.276. The van der Waals surface area contributed by atoms with Crippen LogP contribution in [0.25, 0.3) is 0 Å². The van der Waals surface area contributed by atoms with Gasteiger partial charge >= 0.3 is 6.36 Å². The van der Waals surface area contributed by atoms with E-state index in [1.165, 1.54) is 38.5 Å². The van der Waals surface area contributed by atoms with Crippen molar-refractivity contribution in [1.82, 2.24) is 0 Å². The van der Waals surface area contributed by atoms with E-state index in [0.29, 0.717) is 17.9 Å². The molecule has 0 radical (unpaired) electrons. The molecular weight excluding hydrogens is 399 g/mol. The summed E-state index contributed by atoms with van der Waals surface area (Å²) < 4.78 is 67.9. The van der Waals surface area contributed by atoms with Crippen molar-refractivity contribution in [3.63, 3.8) is 0 Å². The first kappa shape index (κ1) is 23.1. The van der Waals surface area contributed by atoms with Crippen LogP contribution in [0.15, 0.2) is 24.8 Å². The molecule has 2 aliphatic rings. The lowest BCUT2D eigenvalue weighted by atomic mass is 9.68. The molecule has 6 heteroatoms. The van der Waals surface area contributed by atoms with Gasteiger partial charge in [0.1, 0.15) is 0 Å². The molecule has 2 aliphatic carbocycles. The summed E-state index contributed by atoms with van der Waals surface area (Å²) in [6.07, 6.45) is 9.22. The Hall–Kier alpha value is -1.59. The molecule has 0 spiro atoms. The molecule has 0 N–H and O–H groups in total. The maximum atomic E-state index is 13.9. The van der Waals surface area contributed by atoms with Gasteiger partial charge in [0.15, 0.2) is 11.6 Å². The van der Waals surface area contributed by atoms with E-state index in [0.717, 1.165) is 55.6 Å². The van der Waals surface area contributed by atoms with Crippen LogP contribution in [-0.2, 0) is 6.42 Å². The number of hydrogen-bond donors (Lipinski definition) is 0. The minimum atomic E-state index is -5.12. The first-order valence-electron chi connectivity index (χ1n) is 11.1. The van der Waals surface area contributed by atoms with Crippen LogP contribution in [0.3, 0.4) is 0 Å². The van der Waals surface area contributed by atoms with Crippen LogP contribution < -0.4 is 4.74 Å². The zero-order valence-corrected chi connectivity index (χ0v) is 17.3. The van der Waals surface area contributed by atoms with E-state index in [4.69, 9.17) is 0 Å². The van der Waals surface area contributed by atoms with Crippen LogP contribution in [0.1, 0.15) is 69.8 Å². The van der Waals surface area contributed by atoms with E-state index < -0.39 is 23.7 Å². The number of ether oxygens (including phenoxy) is 1. The number of aryl methyl sites for hydroxylation is 1. The van der Waals surface area contributed by atoms with Crippen molar-refractivity contribution in [1.29, 1.82) is 0 Å². The monoisotopic (exact) mass is 430 g/mol. The van der Waals surface area contributed by atoms with Crippen LogP contribution in [0, 0.1) is 35.3 Å². The van der Waals surface area contributed by atoms with Crippen molar-refractivity contribution in [2.45, 2.75) is 77.0 Å². The predicted octanol–water partition coefficient (Wildman–Crippen LogP) is 7.98. The molecule has 0 heterocycles. The normalized spacial score (nSPS) is 27.6. The van der Waals surface area contributed by atoms with Crippen LogP contribution >= 0.6 is 0 Å². The Morgan fingerprint density at radius 2 is 1.37 bits per heavy atom. The molecular formula is C24H31F5O. The van der Waals surface area contributed by atoms with Gasteiger partial charge in [-0.05, 0) is 99.2 Å². The molecule has 0 aromatic heterocycles. The smallest absolute Gasteiger partial charge is 0.399 e. The second kappa shape index (κ2) is 10.1. The van der Waals surface area contributed by atoms with Crippen molar-refractivity contribution in [2.24, 2.45) is 23.7 Å². The van der Waals surface area contributed by atoms with Gasteiger partial charge in [-0.1, -0.05) is 18.9 Å². The fourth-order valence-electron chi connectivity index (χ4n) is 5.42. The Balaban J connectivity index is 1.44. The molecule has 2 saturated carbocycles. The molecule has 0 atom stereocenters. The largest absolute Gasteiger partial charge is 0.573 e. The molecule has 0 bridgehead atoms. The van der Waals surface area contributed by atoms with Gasteiger partial charge in [-0.25, -0.2) is 8.78 Å². The molecule has 1 aromatic carbocycles. The average molecular weight is 431 g/mol. The highest BCUT2D eigenvalue weighted by atomic mass is 19.4. The van der Waals surface area contributed by atoms with E-state index in [1.54, 1.807) is 0 Å². The molecule has 2 fully saturated rings. The lowest BCUT2D eigenvalue weighted by Gasteiger charge is -2.37. The molecule has 168 valence electrons. The fourth-order valence-corrected chi connectivity index (χ4v) is 5.42. The van der Waals surface area contributed by atoms with Crippen molar-refractivity contribution in [3.8, 4) is 5.75 Å². The van der Waals surface area contributed by atoms with Crippen LogP contribution in [0.4, 0.5) is 22.0 Å². The van der Waals surface area contributed by atoms with Gasteiger partial charge in [-0.15, -0.1) is 19.8 Å². The number of allylic oxidation sites excluding steroid dienone is 1. The average Bonchev–Trinajstić information content (AvgIpc) is 2.70. The van der Waals surface area contributed by atoms with Crippen molar-refractivity contribution in [2.75, 3.05) is 0 Å². The van der Waals surface area contributed by atoms with Crippen molar-refractivity contribution in [3.05, 3.63) is 42.0 Å². The Morgan fingerprint density at radius 3 is 1.83 bits per heavy atom. The topological polar surface area (TPSA) is 9.23 Å². The zero-order valence-electron chi connectivity index (χ0n) is 17.3. The summed E-state index contributed by atoms with van der Waals surface area (Å²) in [5.74, 6) is -1.05. The number of rotatable bonds is 7. The third-order valence-corrected chi connectivity index (χ3v) is 7.07. The standard InChI is InChI=1S/C24H31F5O/c1-2-3-16-6-10-19(11-7-16)20-12-8-17(9-13-20)4-5-18-14-21(25)23(22(26)15-18)30-24(27,28)29/h2,14-17,19-20H,1,3-13H2. The number of halogens is 5. The first-order chi connectivity index (χ1) is 14.2. The second-order valence-electron chi connectivity index (χ2n) is 9.06. The molecule has 1 aromatic rings. The van der Waals surface area contributed by atoms with Gasteiger partial charge in [0.25, 0.3) is 0 Å². The van der Waals surface area contributed by atoms with Gasteiger partial charge in [0.2, 0.25) is 5.75 Å². The zero-order chi connectivity index (χ0) is 21.7. The van der Waals surface area contributed by atoms with Crippen LogP contribution in [-0.4, -0.2) is 6.36 Å². The number of alkyl halides is 3. The number of hydrogen-bond acceptors (Lipinski definition) is 1. The van der Waals surface area contributed by atoms with Crippen LogP contribution in [0.2, 0.25) is 0 Å². The summed E-state index contributed by atoms with van der Waals surface area (Å²) in [5.41, 5.74) is 0.377. The third-order valence-electron chi connectivity index (χ3n) is 7.07. The summed E-state index contributed by atoms with van der Waals surface area (Å²) in [4.78, 5) is 0. The maximum Gasteiger partial charge on any atom is 0.573 e. The molecule has 3 rings (SSSR count). The van der Waals surface area contributed by atoms with Gasteiger partial charge in [-0.3, -0.25) is 0 Å². The Bertz CT molecular complexity index is 675. The van der Waals surface area contributed by atoms with Crippen molar-refractivity contribution < 1.29 is 26.7 Å². The van der Waals surface area contributed by atoms with Gasteiger partial charge in [0.05, 0.1) is 0 Å². The van der Waals surface area contributed by atoms with E-state index in [9.17, 15) is 22.0 Å². The minimum Gasteiger partial charge on any atom is -0.399 e. The first-order valence-corrected chi connectivity index (χ1v) is 11.1. The van der Waals surface area contributed by atoms with Gasteiger partial charge < -0.3 is 4.74 Å². The minimum absolute atomic E-state index is 0.377. The molecule has 0 unspecified atom stereocenters. The maximum absolute atomic E-state index is 13.9.